The van der Waals surface area contributed by atoms with Crippen LogP contribution in [0.25, 0.3) is 0 Å². The highest BCUT2D eigenvalue weighted by Crippen LogP contribution is 2.33. The zero-order valence-corrected chi connectivity index (χ0v) is 20.1. The number of hydrogen-bond acceptors (Lipinski definition) is 4. The second-order valence-electron chi connectivity index (χ2n) is 7.03. The van der Waals surface area contributed by atoms with Gasteiger partial charge < -0.3 is 10.2 Å². The van der Waals surface area contributed by atoms with Gasteiger partial charge in [0.05, 0.1) is 22.0 Å². The lowest BCUT2D eigenvalue weighted by molar-refractivity contribution is -0.140. The SMILES string of the molecule is CCC(C(=O)NC)N(Cc1ccc(F)cc1)C(=O)CN(c1cccc(Cl)c1Cl)S(C)(=O)=O. The first-order valence-electron chi connectivity index (χ1n) is 9.66. The molecule has 0 saturated carbocycles. The van der Waals surface area contributed by atoms with Gasteiger partial charge in [-0.25, -0.2) is 12.8 Å². The quantitative estimate of drug-likeness (QED) is 0.567. The molecule has 0 aromatic heterocycles. The van der Waals surface area contributed by atoms with E-state index in [1.54, 1.807) is 6.92 Å². The summed E-state index contributed by atoms with van der Waals surface area (Å²) < 4.78 is 39.2. The fourth-order valence-electron chi connectivity index (χ4n) is 3.15. The lowest BCUT2D eigenvalue weighted by Gasteiger charge is -2.32. The topological polar surface area (TPSA) is 86.8 Å². The van der Waals surface area contributed by atoms with Gasteiger partial charge in [0.25, 0.3) is 0 Å². The minimum Gasteiger partial charge on any atom is -0.357 e. The molecule has 1 unspecified atom stereocenters. The molecule has 0 saturated heterocycles. The van der Waals surface area contributed by atoms with Gasteiger partial charge >= 0.3 is 0 Å². The van der Waals surface area contributed by atoms with Gasteiger partial charge in [-0.1, -0.05) is 48.3 Å². The molecule has 0 heterocycles. The monoisotopic (exact) mass is 503 g/mol. The summed E-state index contributed by atoms with van der Waals surface area (Å²) in [4.78, 5) is 27.1. The Bertz CT molecular complexity index is 1080. The average Bonchev–Trinajstić information content (AvgIpc) is 2.74. The number of nitrogens with zero attached hydrogens (tertiary/aromatic N) is 2. The highest BCUT2D eigenvalue weighted by molar-refractivity contribution is 7.92. The van der Waals surface area contributed by atoms with Crippen molar-refractivity contribution < 1.29 is 22.4 Å². The van der Waals surface area contributed by atoms with E-state index in [2.05, 4.69) is 5.32 Å². The molecule has 1 N–H and O–H groups in total. The van der Waals surface area contributed by atoms with Gasteiger partial charge in [-0.2, -0.15) is 0 Å². The number of carbonyl (C=O) groups excluding carboxylic acids is 2. The van der Waals surface area contributed by atoms with Crippen molar-refractivity contribution in [2.24, 2.45) is 0 Å². The van der Waals surface area contributed by atoms with Crippen molar-refractivity contribution in [1.82, 2.24) is 10.2 Å². The zero-order chi connectivity index (χ0) is 24.1. The van der Waals surface area contributed by atoms with Crippen molar-refractivity contribution in [3.8, 4) is 0 Å². The maximum atomic E-state index is 13.4. The van der Waals surface area contributed by atoms with E-state index in [4.69, 9.17) is 23.2 Å². The Labute approximate surface area is 197 Å². The summed E-state index contributed by atoms with van der Waals surface area (Å²) in [5, 5.41) is 2.63. The molecule has 11 heteroatoms. The van der Waals surface area contributed by atoms with Gasteiger partial charge in [0.15, 0.2) is 0 Å². The third kappa shape index (κ3) is 6.34. The molecule has 0 bridgehead atoms. The Morgan fingerprint density at radius 1 is 1.12 bits per heavy atom. The van der Waals surface area contributed by atoms with Crippen LogP contribution in [0, 0.1) is 5.82 Å². The Hall–Kier alpha value is -2.36. The Morgan fingerprint density at radius 3 is 2.28 bits per heavy atom. The first-order valence-corrected chi connectivity index (χ1v) is 12.3. The molecular formula is C21H24Cl2FN3O4S. The number of rotatable bonds is 9. The van der Waals surface area contributed by atoms with Crippen molar-refractivity contribution in [1.29, 1.82) is 0 Å². The lowest BCUT2D eigenvalue weighted by atomic mass is 10.1. The summed E-state index contributed by atoms with van der Waals surface area (Å²) in [5.41, 5.74) is 0.624. The minimum absolute atomic E-state index is 0.0178. The van der Waals surface area contributed by atoms with Gasteiger partial charge in [-0.15, -0.1) is 0 Å². The van der Waals surface area contributed by atoms with Gasteiger partial charge in [0, 0.05) is 13.6 Å². The van der Waals surface area contributed by atoms with Crippen molar-refractivity contribution >= 4 is 50.7 Å². The number of benzene rings is 2. The predicted octanol–water partition coefficient (Wildman–Crippen LogP) is 3.45. The van der Waals surface area contributed by atoms with E-state index in [1.807, 2.05) is 0 Å². The van der Waals surface area contributed by atoms with E-state index in [0.717, 1.165) is 10.6 Å². The number of likely N-dealkylation sites (N-methyl/N-ethyl adjacent to an activating group) is 1. The smallest absolute Gasteiger partial charge is 0.244 e. The first kappa shape index (κ1) is 25.9. The minimum atomic E-state index is -3.93. The van der Waals surface area contributed by atoms with E-state index < -0.39 is 40.2 Å². The second-order valence-corrected chi connectivity index (χ2v) is 9.72. The number of nitrogens with one attached hydrogen (secondary N) is 1. The molecule has 2 amide bonds. The number of amides is 2. The van der Waals surface area contributed by atoms with Crippen molar-refractivity contribution in [3.05, 3.63) is 63.9 Å². The molecule has 2 aromatic carbocycles. The van der Waals surface area contributed by atoms with E-state index in [-0.39, 0.29) is 28.7 Å². The number of anilines is 1. The largest absolute Gasteiger partial charge is 0.357 e. The highest BCUT2D eigenvalue weighted by Gasteiger charge is 2.32. The number of hydrogen-bond donors (Lipinski definition) is 1. The molecule has 0 aliphatic heterocycles. The van der Waals surface area contributed by atoms with Crippen LogP contribution in [0.4, 0.5) is 10.1 Å². The van der Waals surface area contributed by atoms with Crippen molar-refractivity contribution in [2.45, 2.75) is 25.9 Å². The Balaban J connectivity index is 2.46. The van der Waals surface area contributed by atoms with Crippen LogP contribution in [0.15, 0.2) is 42.5 Å². The van der Waals surface area contributed by atoms with Crippen LogP contribution in [-0.4, -0.2) is 51.0 Å². The summed E-state index contributed by atoms with van der Waals surface area (Å²) in [5.74, 6) is -1.48. The van der Waals surface area contributed by atoms with Crippen molar-refractivity contribution in [3.63, 3.8) is 0 Å². The van der Waals surface area contributed by atoms with E-state index in [0.29, 0.717) is 5.56 Å². The molecule has 0 radical (unpaired) electrons. The summed E-state index contributed by atoms with van der Waals surface area (Å²) in [6.07, 6.45) is 1.22. The average molecular weight is 504 g/mol. The molecule has 0 spiro atoms. The predicted molar refractivity (Wildman–Crippen MR) is 124 cm³/mol. The van der Waals surface area contributed by atoms with Crippen LogP contribution in [0.3, 0.4) is 0 Å². The van der Waals surface area contributed by atoms with E-state index in [1.165, 1.54) is 54.4 Å². The van der Waals surface area contributed by atoms with Crippen LogP contribution < -0.4 is 9.62 Å². The fraction of sp³-hybridized carbons (Fsp3) is 0.333. The Kier molecular flexibility index (Phi) is 8.89. The number of sulfonamides is 1. The number of carbonyl (C=O) groups is 2. The normalized spacial score (nSPS) is 12.2. The summed E-state index contributed by atoms with van der Waals surface area (Å²) in [6.45, 7) is 1.10. The molecule has 0 fully saturated rings. The van der Waals surface area contributed by atoms with E-state index >= 15 is 0 Å². The van der Waals surface area contributed by atoms with Gasteiger partial charge in [-0.05, 0) is 36.2 Å². The highest BCUT2D eigenvalue weighted by atomic mass is 35.5. The maximum Gasteiger partial charge on any atom is 0.244 e. The van der Waals surface area contributed by atoms with Crippen LogP contribution >= 0.6 is 23.2 Å². The van der Waals surface area contributed by atoms with E-state index in [9.17, 15) is 22.4 Å². The summed E-state index contributed by atoms with van der Waals surface area (Å²) in [7, 11) is -2.49. The lowest BCUT2D eigenvalue weighted by Crippen LogP contribution is -2.51. The van der Waals surface area contributed by atoms with Crippen molar-refractivity contribution in [2.75, 3.05) is 24.2 Å². The maximum absolute atomic E-state index is 13.4. The molecule has 32 heavy (non-hydrogen) atoms. The van der Waals surface area contributed by atoms with Gasteiger partial charge in [0.1, 0.15) is 18.4 Å². The Morgan fingerprint density at radius 2 is 1.75 bits per heavy atom. The van der Waals surface area contributed by atoms with Gasteiger partial charge in [-0.3, -0.25) is 13.9 Å². The molecule has 1 atom stereocenters. The van der Waals surface area contributed by atoms with Gasteiger partial charge in [0.2, 0.25) is 21.8 Å². The van der Waals surface area contributed by atoms with Crippen LogP contribution in [0.2, 0.25) is 10.0 Å². The molecule has 2 rings (SSSR count). The standard InChI is InChI=1S/C21H24Cl2FN3O4S/c1-4-17(21(29)25-2)26(12-14-8-10-15(24)11-9-14)19(28)13-27(32(3,30)31)18-7-5-6-16(22)20(18)23/h5-11,17H,4,12-13H2,1-3H3,(H,25,29). The third-order valence-corrected chi connectivity index (χ3v) is 6.71. The summed E-state index contributed by atoms with van der Waals surface area (Å²) >= 11 is 12.2. The molecule has 7 nitrogen and oxygen atoms in total. The van der Waals surface area contributed by atoms with Crippen LogP contribution in [0.5, 0.6) is 0 Å². The second kappa shape index (κ2) is 11.0. The molecular weight excluding hydrogens is 480 g/mol. The zero-order valence-electron chi connectivity index (χ0n) is 17.8. The number of halogens is 3. The van der Waals surface area contributed by atoms with Crippen LogP contribution in [0.1, 0.15) is 18.9 Å². The molecule has 0 aliphatic carbocycles. The fourth-order valence-corrected chi connectivity index (χ4v) is 4.45. The molecule has 174 valence electrons. The molecule has 2 aromatic rings. The first-order chi connectivity index (χ1) is 15.0. The summed E-state index contributed by atoms with van der Waals surface area (Å²) in [6, 6.07) is 9.05. The molecule has 0 aliphatic rings. The third-order valence-electron chi connectivity index (χ3n) is 4.78. The van der Waals surface area contributed by atoms with Crippen LogP contribution in [-0.2, 0) is 26.2 Å².